The molecule has 0 spiro atoms. The third-order valence-electron chi connectivity index (χ3n) is 3.90. The lowest BCUT2D eigenvalue weighted by molar-refractivity contribution is -0.142. The Hall–Kier alpha value is -3.02. The normalized spacial score (nSPS) is 10.1. The summed E-state index contributed by atoms with van der Waals surface area (Å²) in [5.41, 5.74) is 2.64. The summed E-state index contributed by atoms with van der Waals surface area (Å²) in [6.07, 6.45) is 0. The van der Waals surface area contributed by atoms with Crippen molar-refractivity contribution in [3.63, 3.8) is 0 Å². The van der Waals surface area contributed by atoms with Gasteiger partial charge in [0.05, 0.1) is 13.7 Å². The summed E-state index contributed by atoms with van der Waals surface area (Å²) in [4.78, 5) is 25.4. The first-order chi connectivity index (χ1) is 12.5. The lowest BCUT2D eigenvalue weighted by Crippen LogP contribution is -2.35. The van der Waals surface area contributed by atoms with Crippen molar-refractivity contribution in [1.82, 2.24) is 0 Å². The van der Waals surface area contributed by atoms with Crippen molar-refractivity contribution in [2.24, 2.45) is 0 Å². The first-order valence-corrected chi connectivity index (χ1v) is 8.44. The fourth-order valence-corrected chi connectivity index (χ4v) is 2.50. The van der Waals surface area contributed by atoms with Gasteiger partial charge in [-0.05, 0) is 49.7 Å². The van der Waals surface area contributed by atoms with Crippen molar-refractivity contribution >= 4 is 23.3 Å². The molecule has 138 valence electrons. The number of amides is 1. The number of carbonyl (C=O) groups excluding carboxylic acids is 2. The molecule has 2 rings (SSSR count). The average Bonchev–Trinajstić information content (AvgIpc) is 2.66. The second-order valence-corrected chi connectivity index (χ2v) is 5.67. The molecule has 0 aromatic heterocycles. The van der Waals surface area contributed by atoms with Crippen LogP contribution in [0.25, 0.3) is 0 Å². The van der Waals surface area contributed by atoms with E-state index in [1.165, 1.54) is 7.11 Å². The first kappa shape index (κ1) is 19.3. The highest BCUT2D eigenvalue weighted by Gasteiger charge is 2.13. The number of hydrogen-bond donors (Lipinski definition) is 1. The van der Waals surface area contributed by atoms with E-state index in [0.717, 1.165) is 16.9 Å². The number of para-hydroxylation sites is 1. The van der Waals surface area contributed by atoms with Crippen molar-refractivity contribution in [3.8, 4) is 5.75 Å². The van der Waals surface area contributed by atoms with Gasteiger partial charge in [-0.2, -0.15) is 0 Å². The predicted octanol–water partition coefficient (Wildman–Crippen LogP) is 3.01. The summed E-state index contributed by atoms with van der Waals surface area (Å²) in [6.45, 7) is 4.51. The van der Waals surface area contributed by atoms with Crippen LogP contribution in [0.15, 0.2) is 48.5 Å². The van der Waals surface area contributed by atoms with E-state index in [1.807, 2.05) is 56.3 Å². The number of nitrogens with one attached hydrogen (secondary N) is 1. The van der Waals surface area contributed by atoms with Gasteiger partial charge in [-0.25, -0.2) is 4.79 Å². The Bertz CT molecular complexity index is 747. The van der Waals surface area contributed by atoms with Gasteiger partial charge in [0.1, 0.15) is 5.75 Å². The summed E-state index contributed by atoms with van der Waals surface area (Å²) < 4.78 is 9.90. The van der Waals surface area contributed by atoms with Gasteiger partial charge in [-0.1, -0.05) is 18.2 Å². The van der Waals surface area contributed by atoms with Crippen molar-refractivity contribution in [1.29, 1.82) is 0 Å². The molecule has 6 heteroatoms. The first-order valence-electron chi connectivity index (χ1n) is 8.44. The number of carbonyl (C=O) groups is 2. The van der Waals surface area contributed by atoms with E-state index >= 15 is 0 Å². The molecule has 0 bridgehead atoms. The minimum Gasteiger partial charge on any atom is -0.482 e. The van der Waals surface area contributed by atoms with Gasteiger partial charge in [0, 0.05) is 17.9 Å². The molecular weight excluding hydrogens is 332 g/mol. The molecule has 0 unspecified atom stereocenters. The fraction of sp³-hybridized carbons (Fsp3) is 0.300. The Kier molecular flexibility index (Phi) is 7.02. The highest BCUT2D eigenvalue weighted by Crippen LogP contribution is 2.21. The van der Waals surface area contributed by atoms with Crippen molar-refractivity contribution in [2.45, 2.75) is 13.8 Å². The van der Waals surface area contributed by atoms with Gasteiger partial charge in [0.2, 0.25) is 5.91 Å². The van der Waals surface area contributed by atoms with Crippen LogP contribution in [0.1, 0.15) is 12.5 Å². The summed E-state index contributed by atoms with van der Waals surface area (Å²) >= 11 is 0. The topological polar surface area (TPSA) is 67.9 Å². The van der Waals surface area contributed by atoms with E-state index in [-0.39, 0.29) is 19.1 Å². The second kappa shape index (κ2) is 9.46. The Morgan fingerprint density at radius 1 is 1.12 bits per heavy atom. The van der Waals surface area contributed by atoms with Crippen molar-refractivity contribution in [3.05, 3.63) is 54.1 Å². The standard InChI is InChI=1S/C20H24N2O4/c1-4-22(16-8-6-5-7-9-16)19(23)13-21-18-11-10-17(12-15(18)2)26-14-20(24)25-3/h5-12,21H,4,13-14H2,1-3H3. The molecule has 2 aromatic rings. The van der Waals surface area contributed by atoms with E-state index in [2.05, 4.69) is 10.1 Å². The van der Waals surface area contributed by atoms with Crippen LogP contribution in [-0.4, -0.2) is 38.7 Å². The quantitative estimate of drug-likeness (QED) is 0.737. The summed E-state index contributed by atoms with van der Waals surface area (Å²) in [6, 6.07) is 15.0. The van der Waals surface area contributed by atoms with E-state index in [9.17, 15) is 9.59 Å². The SMILES string of the molecule is CCN(C(=O)CNc1ccc(OCC(=O)OC)cc1C)c1ccccc1. The number of esters is 1. The van der Waals surface area contributed by atoms with Gasteiger partial charge in [0.15, 0.2) is 6.61 Å². The number of rotatable bonds is 8. The molecule has 1 amide bonds. The number of aryl methyl sites for hydroxylation is 1. The highest BCUT2D eigenvalue weighted by atomic mass is 16.6. The maximum atomic E-state index is 12.5. The molecule has 6 nitrogen and oxygen atoms in total. The minimum atomic E-state index is -0.434. The second-order valence-electron chi connectivity index (χ2n) is 5.67. The van der Waals surface area contributed by atoms with Gasteiger partial charge < -0.3 is 19.7 Å². The molecule has 0 atom stereocenters. The van der Waals surface area contributed by atoms with Crippen molar-refractivity contribution in [2.75, 3.05) is 37.0 Å². The Morgan fingerprint density at radius 3 is 2.46 bits per heavy atom. The molecule has 2 aromatic carbocycles. The number of benzene rings is 2. The molecule has 0 saturated carbocycles. The molecule has 0 radical (unpaired) electrons. The van der Waals surface area contributed by atoms with Gasteiger partial charge in [0.25, 0.3) is 0 Å². The predicted molar refractivity (Wildman–Crippen MR) is 102 cm³/mol. The Morgan fingerprint density at radius 2 is 1.85 bits per heavy atom. The molecule has 0 aliphatic rings. The number of ether oxygens (including phenoxy) is 2. The summed E-state index contributed by atoms with van der Waals surface area (Å²) in [5, 5.41) is 3.16. The third-order valence-corrected chi connectivity index (χ3v) is 3.90. The van der Waals surface area contributed by atoms with Crippen LogP contribution in [0, 0.1) is 6.92 Å². The van der Waals surface area contributed by atoms with Crippen LogP contribution in [0.2, 0.25) is 0 Å². The number of hydrogen-bond acceptors (Lipinski definition) is 5. The molecular formula is C20H24N2O4. The average molecular weight is 356 g/mol. The van der Waals surface area contributed by atoms with Crippen LogP contribution in [-0.2, 0) is 14.3 Å². The van der Waals surface area contributed by atoms with Crippen LogP contribution >= 0.6 is 0 Å². The van der Waals surface area contributed by atoms with Crippen LogP contribution in [0.3, 0.4) is 0 Å². The lowest BCUT2D eigenvalue weighted by Gasteiger charge is -2.22. The highest BCUT2D eigenvalue weighted by molar-refractivity contribution is 5.96. The van der Waals surface area contributed by atoms with Crippen molar-refractivity contribution < 1.29 is 19.1 Å². The fourth-order valence-electron chi connectivity index (χ4n) is 2.50. The largest absolute Gasteiger partial charge is 0.482 e. The third kappa shape index (κ3) is 5.24. The number of anilines is 2. The van der Waals surface area contributed by atoms with Crippen LogP contribution in [0.5, 0.6) is 5.75 Å². The molecule has 0 heterocycles. The van der Waals surface area contributed by atoms with E-state index in [0.29, 0.717) is 12.3 Å². The maximum Gasteiger partial charge on any atom is 0.343 e. The molecule has 0 fully saturated rings. The minimum absolute atomic E-state index is 0.0101. The molecule has 1 N–H and O–H groups in total. The molecule has 26 heavy (non-hydrogen) atoms. The summed E-state index contributed by atoms with van der Waals surface area (Å²) in [5.74, 6) is 0.129. The summed E-state index contributed by atoms with van der Waals surface area (Å²) in [7, 11) is 1.32. The van der Waals surface area contributed by atoms with E-state index in [4.69, 9.17) is 4.74 Å². The number of nitrogens with zero attached hydrogens (tertiary/aromatic N) is 1. The van der Waals surface area contributed by atoms with Crippen LogP contribution in [0.4, 0.5) is 11.4 Å². The Balaban J connectivity index is 1.96. The zero-order valence-electron chi connectivity index (χ0n) is 15.3. The number of likely N-dealkylation sites (N-methyl/N-ethyl adjacent to an activating group) is 1. The molecule has 0 aliphatic heterocycles. The smallest absolute Gasteiger partial charge is 0.343 e. The van der Waals surface area contributed by atoms with Gasteiger partial charge in [-0.3, -0.25) is 4.79 Å². The zero-order valence-corrected chi connectivity index (χ0v) is 15.3. The molecule has 0 aliphatic carbocycles. The monoisotopic (exact) mass is 356 g/mol. The van der Waals surface area contributed by atoms with E-state index < -0.39 is 5.97 Å². The zero-order chi connectivity index (χ0) is 18.9. The molecule has 0 saturated heterocycles. The maximum absolute atomic E-state index is 12.5. The Labute approximate surface area is 153 Å². The number of methoxy groups -OCH3 is 1. The lowest BCUT2D eigenvalue weighted by atomic mass is 10.2. The van der Waals surface area contributed by atoms with Gasteiger partial charge in [-0.15, -0.1) is 0 Å². The van der Waals surface area contributed by atoms with Gasteiger partial charge >= 0.3 is 5.97 Å². The van der Waals surface area contributed by atoms with E-state index in [1.54, 1.807) is 11.0 Å². The van der Waals surface area contributed by atoms with Crippen LogP contribution < -0.4 is 15.0 Å².